The van der Waals surface area contributed by atoms with Gasteiger partial charge in [-0.1, -0.05) is 25.1 Å². The van der Waals surface area contributed by atoms with E-state index in [1.807, 2.05) is 19.1 Å². The maximum absolute atomic E-state index is 12.8. The molecule has 1 rings (SSSR count). The van der Waals surface area contributed by atoms with Gasteiger partial charge in [-0.3, -0.25) is 10.7 Å². The van der Waals surface area contributed by atoms with Crippen molar-refractivity contribution in [2.45, 2.75) is 20.3 Å². The molecule has 0 spiro atoms. The lowest BCUT2D eigenvalue weighted by Gasteiger charge is -2.33. The number of nitrogens with two attached hydrogens (primary N) is 1. The molecule has 1 amide bonds. The Hall–Kier alpha value is -1.08. The van der Waals surface area contributed by atoms with E-state index < -0.39 is 13.7 Å². The van der Waals surface area contributed by atoms with Crippen molar-refractivity contribution in [1.82, 2.24) is 4.31 Å². The molecule has 1 aromatic carbocycles. The zero-order valence-electron chi connectivity index (χ0n) is 12.2. The van der Waals surface area contributed by atoms with Crippen LogP contribution in [-0.2, 0) is 10.9 Å². The summed E-state index contributed by atoms with van der Waals surface area (Å²) in [6.45, 7) is 3.95. The largest absolute Gasteiger partial charge is 0.411 e. The highest BCUT2D eigenvalue weighted by atomic mass is 32.2. The average molecular weight is 334 g/mol. The lowest BCUT2D eigenvalue weighted by atomic mass is 10.1. The molecule has 21 heavy (non-hydrogen) atoms. The Balaban J connectivity index is 3.24. The molecular weight excluding hydrogens is 314 g/mol. The van der Waals surface area contributed by atoms with Crippen LogP contribution in [0.1, 0.15) is 19.4 Å². The van der Waals surface area contributed by atoms with Crippen LogP contribution in [0.4, 0.5) is 14.9 Å². The topological polar surface area (TPSA) is 82.7 Å². The van der Waals surface area contributed by atoms with Gasteiger partial charge in [0.1, 0.15) is 0 Å². The van der Waals surface area contributed by atoms with E-state index in [9.17, 15) is 9.18 Å². The lowest BCUT2D eigenvalue weighted by molar-refractivity contribution is 0.209. The standard InChI is InChI=1S/C12H20FN4O2PS/c1-4-10-8-6-7-9-11(10)17(20(14,15)19-5-2)21-16(3)12(13)18/h6-9H,4-5H2,1-3H3,(H3,14,15). The van der Waals surface area contributed by atoms with Gasteiger partial charge >= 0.3 is 6.16 Å². The fourth-order valence-electron chi connectivity index (χ4n) is 1.65. The minimum Gasteiger partial charge on any atom is -0.317 e. The van der Waals surface area contributed by atoms with Crippen molar-refractivity contribution in [3.63, 3.8) is 0 Å². The van der Waals surface area contributed by atoms with Gasteiger partial charge in [0.2, 0.25) is 0 Å². The number of halogens is 1. The van der Waals surface area contributed by atoms with Crippen LogP contribution >= 0.6 is 19.7 Å². The molecule has 0 aliphatic heterocycles. The predicted molar refractivity (Wildman–Crippen MR) is 85.6 cm³/mol. The van der Waals surface area contributed by atoms with Crippen LogP contribution in [0, 0.1) is 5.16 Å². The molecule has 0 radical (unpaired) electrons. The van der Waals surface area contributed by atoms with Crippen LogP contribution in [0.2, 0.25) is 0 Å². The average Bonchev–Trinajstić information content (AvgIpc) is 2.44. The second kappa shape index (κ2) is 7.79. The van der Waals surface area contributed by atoms with E-state index in [2.05, 4.69) is 0 Å². The smallest absolute Gasteiger partial charge is 0.317 e. The highest BCUT2D eigenvalue weighted by molar-refractivity contribution is 8.05. The molecule has 3 N–H and O–H groups in total. The highest BCUT2D eigenvalue weighted by Crippen LogP contribution is 2.52. The maximum atomic E-state index is 12.8. The van der Waals surface area contributed by atoms with Crippen LogP contribution in [0.15, 0.2) is 24.3 Å². The molecular formula is C12H20FN4O2PS. The number of amides is 1. The Morgan fingerprint density at radius 2 is 2.10 bits per heavy atom. The number of nitrogens with one attached hydrogen (secondary N) is 1. The van der Waals surface area contributed by atoms with Crippen LogP contribution in [0.3, 0.4) is 0 Å². The number of carbonyl (C=O) groups excluding carboxylic acids is 1. The lowest BCUT2D eigenvalue weighted by Crippen LogP contribution is -2.26. The molecule has 0 bridgehead atoms. The summed E-state index contributed by atoms with van der Waals surface area (Å²) in [5.41, 5.74) is 7.56. The van der Waals surface area contributed by atoms with Gasteiger partial charge < -0.3 is 4.52 Å². The molecule has 0 fully saturated rings. The maximum Gasteiger partial charge on any atom is 0.411 e. The number of carbonyl (C=O) groups is 1. The van der Waals surface area contributed by atoms with Gasteiger partial charge in [-0.25, -0.2) is 13.2 Å². The number of aryl methyl sites for hydroxylation is 1. The van der Waals surface area contributed by atoms with Gasteiger partial charge in [-0.15, -0.1) is 4.39 Å². The van der Waals surface area contributed by atoms with Crippen LogP contribution in [-0.4, -0.2) is 24.1 Å². The number of nitrogens with zero attached hydrogens (tertiary/aromatic N) is 2. The van der Waals surface area contributed by atoms with Crippen LogP contribution in [0.5, 0.6) is 0 Å². The monoisotopic (exact) mass is 334 g/mol. The SMILES string of the molecule is CCOP(=N)(N)N(SN(C)C(=O)F)c1ccccc1CC. The summed E-state index contributed by atoms with van der Waals surface area (Å²) >= 11 is 0.736. The third-order valence-corrected chi connectivity index (χ3v) is 5.72. The van der Waals surface area contributed by atoms with Crippen molar-refractivity contribution in [1.29, 1.82) is 5.16 Å². The molecule has 1 atom stereocenters. The fourth-order valence-corrected chi connectivity index (χ4v) is 4.13. The molecule has 0 aliphatic rings. The molecule has 0 heterocycles. The molecule has 0 aliphatic carbocycles. The molecule has 118 valence electrons. The Kier molecular flexibility index (Phi) is 6.67. The van der Waals surface area contributed by atoms with Gasteiger partial charge in [0.15, 0.2) is 0 Å². The number of anilines is 1. The van der Waals surface area contributed by atoms with Crippen molar-refractivity contribution in [3.8, 4) is 0 Å². The molecule has 0 aromatic heterocycles. The van der Waals surface area contributed by atoms with Crippen LogP contribution in [0.25, 0.3) is 0 Å². The second-order valence-corrected chi connectivity index (χ2v) is 7.38. The summed E-state index contributed by atoms with van der Waals surface area (Å²) in [5, 5.41) is 8.24. The first-order chi connectivity index (χ1) is 9.83. The first-order valence-electron chi connectivity index (χ1n) is 6.40. The third kappa shape index (κ3) is 4.71. The molecule has 0 saturated heterocycles. The van der Waals surface area contributed by atoms with Crippen LogP contribution < -0.4 is 9.58 Å². The number of hydrogen-bond donors (Lipinski definition) is 2. The summed E-state index contributed by atoms with van der Waals surface area (Å²) < 4.78 is 20.3. The van der Waals surface area contributed by atoms with E-state index in [-0.39, 0.29) is 6.61 Å². The molecule has 6 nitrogen and oxygen atoms in total. The van der Waals surface area contributed by atoms with Crippen molar-refractivity contribution in [2.75, 3.05) is 17.7 Å². The summed E-state index contributed by atoms with van der Waals surface area (Å²) in [6, 6.07) is 7.34. The number of para-hydroxylation sites is 1. The van der Waals surface area contributed by atoms with E-state index >= 15 is 0 Å². The van der Waals surface area contributed by atoms with Gasteiger partial charge in [0, 0.05) is 7.05 Å². The first kappa shape index (κ1) is 18.0. The molecule has 1 aromatic rings. The Morgan fingerprint density at radius 3 is 2.62 bits per heavy atom. The van der Waals surface area contributed by atoms with Crippen molar-refractivity contribution >= 4 is 31.6 Å². The summed E-state index contributed by atoms with van der Waals surface area (Å²) in [6.07, 6.45) is -0.900. The van der Waals surface area contributed by atoms with E-state index in [1.54, 1.807) is 19.1 Å². The highest BCUT2D eigenvalue weighted by Gasteiger charge is 2.28. The number of hydrogen-bond acceptors (Lipinski definition) is 4. The Morgan fingerprint density at radius 1 is 1.48 bits per heavy atom. The minimum atomic E-state index is -3.22. The minimum absolute atomic E-state index is 0.256. The zero-order valence-corrected chi connectivity index (χ0v) is 14.0. The van der Waals surface area contributed by atoms with Gasteiger partial charge in [0.25, 0.3) is 7.58 Å². The number of benzene rings is 1. The van der Waals surface area contributed by atoms with Crippen molar-refractivity contribution in [2.24, 2.45) is 5.50 Å². The first-order valence-corrected chi connectivity index (χ1v) is 8.86. The summed E-state index contributed by atoms with van der Waals surface area (Å²) in [5.74, 6) is 0. The van der Waals surface area contributed by atoms with Gasteiger partial charge in [-0.2, -0.15) is 0 Å². The second-order valence-electron chi connectivity index (χ2n) is 4.13. The van der Waals surface area contributed by atoms with Crippen molar-refractivity contribution < 1.29 is 13.7 Å². The van der Waals surface area contributed by atoms with E-state index in [1.165, 1.54) is 11.1 Å². The fraction of sp³-hybridized carbons (Fsp3) is 0.417. The van der Waals surface area contributed by atoms with E-state index in [4.69, 9.17) is 15.2 Å². The molecule has 1 unspecified atom stereocenters. The summed E-state index contributed by atoms with van der Waals surface area (Å²) in [4.78, 5) is 10.8. The van der Waals surface area contributed by atoms with E-state index in [0.29, 0.717) is 12.1 Å². The van der Waals surface area contributed by atoms with E-state index in [0.717, 1.165) is 22.0 Å². The Bertz CT molecular complexity index is 546. The van der Waals surface area contributed by atoms with Gasteiger partial charge in [0.05, 0.1) is 24.4 Å². The zero-order chi connectivity index (χ0) is 16.0. The number of rotatable bonds is 7. The normalized spacial score (nSPS) is 13.6. The van der Waals surface area contributed by atoms with Crippen molar-refractivity contribution in [3.05, 3.63) is 29.8 Å². The van der Waals surface area contributed by atoms with Gasteiger partial charge in [-0.05, 0) is 25.0 Å². The predicted octanol–water partition coefficient (Wildman–Crippen LogP) is 4.16. The summed E-state index contributed by atoms with van der Waals surface area (Å²) in [7, 11) is -1.94. The quantitative estimate of drug-likeness (QED) is 0.339. The molecule has 0 saturated carbocycles. The Labute approximate surface area is 128 Å². The molecule has 9 heteroatoms. The third-order valence-electron chi connectivity index (χ3n) is 2.62.